The second-order valence-electron chi connectivity index (χ2n) is 5.39. The number of aryl methyl sites for hydroxylation is 1. The summed E-state index contributed by atoms with van der Waals surface area (Å²) < 4.78 is 0. The maximum absolute atomic E-state index is 12.8. The van der Waals surface area contributed by atoms with E-state index in [4.69, 9.17) is 0 Å². The summed E-state index contributed by atoms with van der Waals surface area (Å²) in [6, 6.07) is 9.18. The Morgan fingerprint density at radius 2 is 2.19 bits per heavy atom. The topological polar surface area (TPSA) is 53.4 Å². The Hall–Kier alpha value is -2.36. The molecule has 4 heteroatoms. The average Bonchev–Trinajstić information content (AvgIpc) is 2.54. The zero-order valence-electron chi connectivity index (χ0n) is 12.0. The molecule has 2 aromatic rings. The maximum atomic E-state index is 12.8. The minimum absolute atomic E-state index is 0.00505. The molecule has 1 aliphatic heterocycles. The summed E-state index contributed by atoms with van der Waals surface area (Å²) in [6.07, 6.45) is 5.23. The van der Waals surface area contributed by atoms with Crippen LogP contribution in [0.1, 0.15) is 30.4 Å². The van der Waals surface area contributed by atoms with Crippen molar-refractivity contribution < 1.29 is 9.90 Å². The van der Waals surface area contributed by atoms with Gasteiger partial charge in [0.25, 0.3) is 0 Å². The van der Waals surface area contributed by atoms with E-state index >= 15 is 0 Å². The van der Waals surface area contributed by atoms with Gasteiger partial charge < -0.3 is 10.0 Å². The quantitative estimate of drug-likeness (QED) is 0.921. The fourth-order valence-electron chi connectivity index (χ4n) is 2.86. The number of pyridine rings is 1. The van der Waals surface area contributed by atoms with Crippen LogP contribution in [-0.2, 0) is 11.2 Å². The van der Waals surface area contributed by atoms with Gasteiger partial charge >= 0.3 is 0 Å². The van der Waals surface area contributed by atoms with Crippen LogP contribution < -0.4 is 4.90 Å². The van der Waals surface area contributed by atoms with Gasteiger partial charge in [0.15, 0.2) is 0 Å². The smallest absolute Gasteiger partial charge is 0.234 e. The van der Waals surface area contributed by atoms with Crippen LogP contribution >= 0.6 is 0 Å². The molecule has 1 aromatic carbocycles. The predicted molar refractivity (Wildman–Crippen MR) is 81.4 cm³/mol. The zero-order chi connectivity index (χ0) is 14.8. The lowest BCUT2D eigenvalue weighted by molar-refractivity contribution is -0.119. The fourth-order valence-corrected chi connectivity index (χ4v) is 2.86. The van der Waals surface area contributed by atoms with Crippen LogP contribution in [0.2, 0.25) is 0 Å². The summed E-state index contributed by atoms with van der Waals surface area (Å²) >= 11 is 0. The van der Waals surface area contributed by atoms with Gasteiger partial charge in [-0.15, -0.1) is 0 Å². The molecule has 0 fully saturated rings. The van der Waals surface area contributed by atoms with Gasteiger partial charge in [0.05, 0.1) is 11.6 Å². The maximum Gasteiger partial charge on any atom is 0.234 e. The minimum Gasteiger partial charge on any atom is -0.506 e. The van der Waals surface area contributed by atoms with Gasteiger partial charge in [-0.05, 0) is 43.0 Å². The lowest BCUT2D eigenvalue weighted by atomic mass is 9.96. The molecule has 1 aromatic heterocycles. The number of amides is 1. The number of carbonyl (C=O) groups excluding carboxylic acids is 1. The van der Waals surface area contributed by atoms with Crippen molar-refractivity contribution in [2.75, 3.05) is 11.4 Å². The molecule has 1 amide bonds. The van der Waals surface area contributed by atoms with E-state index in [1.807, 2.05) is 31.2 Å². The van der Waals surface area contributed by atoms with Crippen molar-refractivity contribution >= 4 is 11.6 Å². The Morgan fingerprint density at radius 1 is 1.33 bits per heavy atom. The van der Waals surface area contributed by atoms with E-state index < -0.39 is 0 Å². The third kappa shape index (κ3) is 2.49. The van der Waals surface area contributed by atoms with E-state index in [1.165, 1.54) is 0 Å². The molecule has 1 atom stereocenters. The van der Waals surface area contributed by atoms with Gasteiger partial charge in [-0.1, -0.05) is 18.2 Å². The first-order valence-electron chi connectivity index (χ1n) is 7.20. The van der Waals surface area contributed by atoms with Gasteiger partial charge in [-0.25, -0.2) is 0 Å². The lowest BCUT2D eigenvalue weighted by Crippen LogP contribution is -2.38. The van der Waals surface area contributed by atoms with Gasteiger partial charge in [0.2, 0.25) is 5.91 Å². The molecule has 0 unspecified atom stereocenters. The fraction of sp³-hybridized carbons (Fsp3) is 0.294. The summed E-state index contributed by atoms with van der Waals surface area (Å²) in [5.74, 6) is -0.0892. The Morgan fingerprint density at radius 3 is 2.95 bits per heavy atom. The molecule has 1 aliphatic rings. The highest BCUT2D eigenvalue weighted by Crippen LogP contribution is 2.37. The number of benzene rings is 1. The molecule has 0 aliphatic carbocycles. The molecule has 0 saturated carbocycles. The normalized spacial score (nSPS) is 15.4. The van der Waals surface area contributed by atoms with Crippen LogP contribution in [0, 0.1) is 0 Å². The SMILES string of the molecule is C[C@H](C(=O)N1CCCc2cccc(O)c21)c1cccnc1. The van der Waals surface area contributed by atoms with E-state index in [1.54, 1.807) is 23.4 Å². The van der Waals surface area contributed by atoms with E-state index in [0.29, 0.717) is 12.2 Å². The van der Waals surface area contributed by atoms with Crippen molar-refractivity contribution in [1.29, 1.82) is 0 Å². The number of hydrogen-bond donors (Lipinski definition) is 1. The number of rotatable bonds is 2. The van der Waals surface area contributed by atoms with Crippen LogP contribution in [0.4, 0.5) is 5.69 Å². The van der Waals surface area contributed by atoms with Crippen LogP contribution in [0.15, 0.2) is 42.7 Å². The molecule has 2 heterocycles. The van der Waals surface area contributed by atoms with Crippen LogP contribution in [0.5, 0.6) is 5.75 Å². The molecule has 3 rings (SSSR count). The summed E-state index contributed by atoms with van der Waals surface area (Å²) in [5, 5.41) is 10.1. The zero-order valence-corrected chi connectivity index (χ0v) is 12.0. The highest BCUT2D eigenvalue weighted by Gasteiger charge is 2.29. The Bertz CT molecular complexity index is 655. The highest BCUT2D eigenvalue weighted by atomic mass is 16.3. The number of anilines is 1. The van der Waals surface area contributed by atoms with Gasteiger partial charge in [-0.2, -0.15) is 0 Å². The predicted octanol–water partition coefficient (Wildman–Crippen LogP) is 2.87. The Balaban J connectivity index is 1.94. The molecule has 108 valence electrons. The van der Waals surface area contributed by atoms with E-state index in [-0.39, 0.29) is 17.6 Å². The second-order valence-corrected chi connectivity index (χ2v) is 5.39. The van der Waals surface area contributed by atoms with Crippen LogP contribution in [-0.4, -0.2) is 22.5 Å². The number of para-hydroxylation sites is 1. The first-order valence-corrected chi connectivity index (χ1v) is 7.20. The second kappa shape index (κ2) is 5.56. The van der Waals surface area contributed by atoms with Crippen LogP contribution in [0.25, 0.3) is 0 Å². The molecule has 4 nitrogen and oxygen atoms in total. The van der Waals surface area contributed by atoms with E-state index in [2.05, 4.69) is 4.98 Å². The number of aromatic nitrogens is 1. The molecular weight excluding hydrogens is 264 g/mol. The van der Waals surface area contributed by atoms with Crippen molar-refractivity contribution in [1.82, 2.24) is 4.98 Å². The Labute approximate surface area is 124 Å². The van der Waals surface area contributed by atoms with E-state index in [0.717, 1.165) is 24.0 Å². The third-order valence-electron chi connectivity index (χ3n) is 4.02. The number of nitrogens with zero attached hydrogens (tertiary/aromatic N) is 2. The minimum atomic E-state index is -0.274. The lowest BCUT2D eigenvalue weighted by Gasteiger charge is -2.32. The van der Waals surface area contributed by atoms with Gasteiger partial charge in [0.1, 0.15) is 5.75 Å². The van der Waals surface area contributed by atoms with Crippen molar-refractivity contribution in [2.24, 2.45) is 0 Å². The number of aromatic hydroxyl groups is 1. The molecule has 0 radical (unpaired) electrons. The van der Waals surface area contributed by atoms with Crippen molar-refractivity contribution in [3.63, 3.8) is 0 Å². The molecular formula is C17H18N2O2. The third-order valence-corrected chi connectivity index (χ3v) is 4.02. The summed E-state index contributed by atoms with van der Waals surface area (Å²) in [4.78, 5) is 18.6. The molecule has 21 heavy (non-hydrogen) atoms. The van der Waals surface area contributed by atoms with E-state index in [9.17, 15) is 9.90 Å². The molecule has 1 N–H and O–H groups in total. The summed E-state index contributed by atoms with van der Waals surface area (Å²) in [6.45, 7) is 2.53. The number of phenolic OH excluding ortho intramolecular Hbond substituents is 1. The monoisotopic (exact) mass is 282 g/mol. The van der Waals surface area contributed by atoms with Crippen molar-refractivity contribution in [3.05, 3.63) is 53.9 Å². The number of carbonyl (C=O) groups is 1. The standard InChI is InChI=1S/C17H18N2O2/c1-12(14-6-3-9-18-11-14)17(21)19-10-4-7-13-5-2-8-15(20)16(13)19/h2-3,5-6,8-9,11-12,20H,4,7,10H2,1H3/t12-/m0/s1. The van der Waals surface area contributed by atoms with Gasteiger partial charge in [0, 0.05) is 18.9 Å². The molecule has 0 saturated heterocycles. The van der Waals surface area contributed by atoms with Crippen molar-refractivity contribution in [3.8, 4) is 5.75 Å². The highest BCUT2D eigenvalue weighted by molar-refractivity contribution is 6.00. The number of hydrogen-bond acceptors (Lipinski definition) is 3. The van der Waals surface area contributed by atoms with Crippen molar-refractivity contribution in [2.45, 2.75) is 25.7 Å². The number of fused-ring (bicyclic) bond motifs is 1. The Kier molecular flexibility index (Phi) is 3.60. The number of phenols is 1. The summed E-state index contributed by atoms with van der Waals surface area (Å²) in [7, 11) is 0. The van der Waals surface area contributed by atoms with Crippen LogP contribution in [0.3, 0.4) is 0 Å². The average molecular weight is 282 g/mol. The summed E-state index contributed by atoms with van der Waals surface area (Å²) in [5.41, 5.74) is 2.60. The first kappa shape index (κ1) is 13.6. The molecule has 0 bridgehead atoms. The van der Waals surface area contributed by atoms with Gasteiger partial charge in [-0.3, -0.25) is 9.78 Å². The molecule has 0 spiro atoms. The first-order chi connectivity index (χ1) is 10.2. The largest absolute Gasteiger partial charge is 0.506 e.